The Balaban J connectivity index is 0.827. The maximum atomic E-state index is 2.47. The highest BCUT2D eigenvalue weighted by Crippen LogP contribution is 2.53. The van der Waals surface area contributed by atoms with Crippen LogP contribution in [0.5, 0.6) is 0 Å². The van der Waals surface area contributed by atoms with Crippen LogP contribution in [0.25, 0.3) is 107 Å². The smallest absolute Gasteiger partial charge is 0.0540 e. The molecule has 3 heteroatoms. The van der Waals surface area contributed by atoms with Gasteiger partial charge in [0.15, 0.2) is 0 Å². The standard InChI is InChI=1S/C77H52N2S/c1-77(2)72-47-55(37-40-67(72)68-41-38-56(48-73(68)77)79(52-19-4-3-5-20-52)74-29-16-18-49-17-6-7-21-59(49)74)78(54-36-39-66-64-26-11-10-24-62(64)63-25-12-13-27-65(63)70(66)46-54)53-34-31-50(32-35-53)57-42-43-58(61-23-9-8-22-60(57)61)51-33-44-76-71(45-51)69-28-14-15-30-75(69)80-76/h3-48H,1-2H3. The lowest BCUT2D eigenvalue weighted by atomic mass is 9.82. The summed E-state index contributed by atoms with van der Waals surface area (Å²) in [7, 11) is 0. The van der Waals surface area contributed by atoms with Gasteiger partial charge < -0.3 is 9.80 Å². The van der Waals surface area contributed by atoms with Gasteiger partial charge in [0.05, 0.1) is 5.69 Å². The Labute approximate surface area is 469 Å². The van der Waals surface area contributed by atoms with E-state index < -0.39 is 0 Å². The van der Waals surface area contributed by atoms with Gasteiger partial charge in [-0.2, -0.15) is 0 Å². The van der Waals surface area contributed by atoms with Gasteiger partial charge >= 0.3 is 0 Å². The van der Waals surface area contributed by atoms with Crippen LogP contribution in [0.3, 0.4) is 0 Å². The first-order valence-corrected chi connectivity index (χ1v) is 28.5. The van der Waals surface area contributed by atoms with Crippen molar-refractivity contribution in [1.82, 2.24) is 0 Å². The average molecular weight is 1040 g/mol. The van der Waals surface area contributed by atoms with Crippen LogP contribution in [0, 0.1) is 0 Å². The molecule has 1 aromatic heterocycles. The van der Waals surface area contributed by atoms with Crippen molar-refractivity contribution >= 4 is 119 Å². The van der Waals surface area contributed by atoms with Crippen LogP contribution in [-0.4, -0.2) is 0 Å². The number of benzene rings is 14. The third kappa shape index (κ3) is 7.24. The summed E-state index contributed by atoms with van der Waals surface area (Å²) in [5.41, 5.74) is 16.5. The first-order chi connectivity index (χ1) is 39.4. The van der Waals surface area contributed by atoms with Gasteiger partial charge in [-0.05, 0) is 178 Å². The molecule has 0 aliphatic heterocycles. The Morgan fingerprint density at radius 3 is 1.39 bits per heavy atom. The van der Waals surface area contributed by atoms with Gasteiger partial charge in [0.2, 0.25) is 0 Å². The highest BCUT2D eigenvalue weighted by atomic mass is 32.1. The number of para-hydroxylation sites is 1. The van der Waals surface area contributed by atoms with Crippen LogP contribution in [0.1, 0.15) is 25.0 Å². The molecule has 0 radical (unpaired) electrons. The second-order valence-electron chi connectivity index (χ2n) is 22.0. The molecule has 15 aromatic rings. The molecule has 1 aliphatic rings. The predicted octanol–water partition coefficient (Wildman–Crippen LogP) is 22.4. The molecule has 0 fully saturated rings. The van der Waals surface area contributed by atoms with Gasteiger partial charge in [-0.25, -0.2) is 0 Å². The summed E-state index contributed by atoms with van der Waals surface area (Å²) in [6, 6.07) is 104. The normalized spacial score (nSPS) is 12.7. The molecule has 0 amide bonds. The zero-order valence-corrected chi connectivity index (χ0v) is 45.2. The van der Waals surface area contributed by atoms with Gasteiger partial charge in [0.1, 0.15) is 0 Å². The number of fused-ring (bicyclic) bond motifs is 14. The Kier molecular flexibility index (Phi) is 10.5. The largest absolute Gasteiger partial charge is 0.310 e. The molecule has 0 N–H and O–H groups in total. The maximum absolute atomic E-state index is 2.47. The fraction of sp³-hybridized carbons (Fsp3) is 0.0390. The number of anilines is 6. The quantitative estimate of drug-likeness (QED) is 0.140. The van der Waals surface area contributed by atoms with E-state index >= 15 is 0 Å². The first kappa shape index (κ1) is 46.3. The summed E-state index contributed by atoms with van der Waals surface area (Å²) < 4.78 is 2.65. The van der Waals surface area contributed by atoms with Gasteiger partial charge in [0, 0.05) is 59.4 Å². The Bertz CT molecular complexity index is 4950. The lowest BCUT2D eigenvalue weighted by Crippen LogP contribution is -2.17. The molecule has 0 saturated carbocycles. The Morgan fingerprint density at radius 2 is 0.713 bits per heavy atom. The van der Waals surface area contributed by atoms with E-state index in [0.29, 0.717) is 0 Å². The molecule has 2 nitrogen and oxygen atoms in total. The zero-order chi connectivity index (χ0) is 53.1. The van der Waals surface area contributed by atoms with E-state index in [9.17, 15) is 0 Å². The lowest BCUT2D eigenvalue weighted by molar-refractivity contribution is 0.660. The van der Waals surface area contributed by atoms with Crippen LogP contribution >= 0.6 is 11.3 Å². The second-order valence-corrected chi connectivity index (χ2v) is 23.1. The Hall–Kier alpha value is -9.80. The average Bonchev–Trinajstić information content (AvgIpc) is 4.04. The molecule has 376 valence electrons. The van der Waals surface area contributed by atoms with Crippen molar-refractivity contribution in [2.75, 3.05) is 9.80 Å². The van der Waals surface area contributed by atoms with Crippen LogP contribution in [0.2, 0.25) is 0 Å². The topological polar surface area (TPSA) is 6.48 Å². The number of nitrogens with zero attached hydrogens (tertiary/aromatic N) is 2. The molecular weight excluding hydrogens is 985 g/mol. The minimum Gasteiger partial charge on any atom is -0.310 e. The summed E-state index contributed by atoms with van der Waals surface area (Å²) in [4.78, 5) is 4.90. The van der Waals surface area contributed by atoms with Crippen LogP contribution in [0.4, 0.5) is 34.1 Å². The summed E-state index contributed by atoms with van der Waals surface area (Å²) >= 11 is 1.87. The molecule has 14 aromatic carbocycles. The van der Waals surface area contributed by atoms with Crippen LogP contribution < -0.4 is 9.80 Å². The molecule has 1 heterocycles. The second kappa shape index (κ2) is 18.1. The first-order valence-electron chi connectivity index (χ1n) is 27.7. The molecule has 1 aliphatic carbocycles. The maximum Gasteiger partial charge on any atom is 0.0540 e. The third-order valence-corrected chi connectivity index (χ3v) is 18.4. The van der Waals surface area contributed by atoms with Gasteiger partial charge in [0.25, 0.3) is 0 Å². The molecule has 0 atom stereocenters. The monoisotopic (exact) mass is 1040 g/mol. The van der Waals surface area contributed by atoms with Crippen LogP contribution in [0.15, 0.2) is 279 Å². The van der Waals surface area contributed by atoms with Crippen molar-refractivity contribution in [2.24, 2.45) is 0 Å². The fourth-order valence-corrected chi connectivity index (χ4v) is 14.5. The van der Waals surface area contributed by atoms with E-state index in [2.05, 4.69) is 303 Å². The highest BCUT2D eigenvalue weighted by Gasteiger charge is 2.37. The van der Waals surface area contributed by atoms with Crippen molar-refractivity contribution < 1.29 is 0 Å². The Morgan fingerprint density at radius 1 is 0.263 bits per heavy atom. The van der Waals surface area contributed by atoms with Crippen LogP contribution in [-0.2, 0) is 5.41 Å². The molecular formula is C77H52N2S. The molecule has 16 rings (SSSR count). The fourth-order valence-electron chi connectivity index (χ4n) is 13.4. The predicted molar refractivity (Wildman–Crippen MR) is 345 cm³/mol. The van der Waals surface area contributed by atoms with E-state index in [1.165, 1.54) is 119 Å². The molecule has 0 saturated heterocycles. The molecule has 0 spiro atoms. The van der Waals surface area contributed by atoms with E-state index in [0.717, 1.165) is 34.1 Å². The summed E-state index contributed by atoms with van der Waals surface area (Å²) in [6.45, 7) is 4.81. The van der Waals surface area contributed by atoms with E-state index in [1.54, 1.807) is 0 Å². The van der Waals surface area contributed by atoms with Crippen molar-refractivity contribution in [1.29, 1.82) is 0 Å². The number of hydrogen-bond donors (Lipinski definition) is 0. The molecule has 0 bridgehead atoms. The number of thiophene rings is 1. The number of rotatable bonds is 8. The van der Waals surface area contributed by atoms with E-state index in [4.69, 9.17) is 0 Å². The van der Waals surface area contributed by atoms with E-state index in [-0.39, 0.29) is 5.41 Å². The van der Waals surface area contributed by atoms with Gasteiger partial charge in [-0.3, -0.25) is 0 Å². The van der Waals surface area contributed by atoms with E-state index in [1.807, 2.05) is 11.3 Å². The SMILES string of the molecule is CC1(C)c2cc(N(c3ccc(-c4ccc(-c5ccc6sc7ccccc7c6c5)c5ccccc45)cc3)c3ccc4c5ccccc5c5ccccc5c4c3)ccc2-c2ccc(N(c3ccccc3)c3cccc4ccccc34)cc21. The van der Waals surface area contributed by atoms with Crippen molar-refractivity contribution in [3.05, 3.63) is 290 Å². The van der Waals surface area contributed by atoms with Crippen molar-refractivity contribution in [2.45, 2.75) is 19.3 Å². The molecule has 0 unspecified atom stereocenters. The van der Waals surface area contributed by atoms with Crippen molar-refractivity contribution in [3.8, 4) is 33.4 Å². The molecule has 80 heavy (non-hydrogen) atoms. The van der Waals surface area contributed by atoms with Gasteiger partial charge in [-0.15, -0.1) is 11.3 Å². The number of hydrogen-bond acceptors (Lipinski definition) is 3. The van der Waals surface area contributed by atoms with Crippen molar-refractivity contribution in [3.63, 3.8) is 0 Å². The zero-order valence-electron chi connectivity index (χ0n) is 44.4. The van der Waals surface area contributed by atoms with Gasteiger partial charge in [-0.1, -0.05) is 208 Å². The minimum absolute atomic E-state index is 0.303. The summed E-state index contributed by atoms with van der Waals surface area (Å²) in [5, 5.41) is 15.1. The third-order valence-electron chi connectivity index (χ3n) is 17.2. The summed E-state index contributed by atoms with van der Waals surface area (Å²) in [5.74, 6) is 0. The lowest BCUT2D eigenvalue weighted by Gasteiger charge is -2.30. The highest BCUT2D eigenvalue weighted by molar-refractivity contribution is 7.25. The summed E-state index contributed by atoms with van der Waals surface area (Å²) in [6.07, 6.45) is 0. The minimum atomic E-state index is -0.303.